The van der Waals surface area contributed by atoms with Crippen molar-refractivity contribution >= 4 is 16.7 Å². The third-order valence-corrected chi connectivity index (χ3v) is 5.42. The van der Waals surface area contributed by atoms with E-state index >= 15 is 0 Å². The molecule has 0 saturated carbocycles. The fraction of sp³-hybridized carbons (Fsp3) is 0.292. The van der Waals surface area contributed by atoms with E-state index in [0.29, 0.717) is 5.56 Å². The number of hydrogen-bond acceptors (Lipinski definition) is 3. The molecule has 1 heterocycles. The van der Waals surface area contributed by atoms with Gasteiger partial charge in [-0.3, -0.25) is 9.69 Å². The zero-order valence-electron chi connectivity index (χ0n) is 16.6. The van der Waals surface area contributed by atoms with E-state index in [9.17, 15) is 4.79 Å². The maximum Gasteiger partial charge on any atom is 0.252 e. The summed E-state index contributed by atoms with van der Waals surface area (Å²) in [5.74, 6) is 0.681. The molecule has 0 radical (unpaired) electrons. The van der Waals surface area contributed by atoms with E-state index in [1.165, 1.54) is 10.8 Å². The standard InChI is InChI=1S/C24H26N2O2/c1-16-11-12-19(28-20-14-26(3)15-20)13-23(16)24(27)25-17(2)21-10-6-8-18-7-4-5-9-22(18)21/h4-13,17,20H,14-15H2,1-3H3,(H,25,27)/t17-/m1/s1. The van der Waals surface area contributed by atoms with Gasteiger partial charge in [-0.25, -0.2) is 0 Å². The van der Waals surface area contributed by atoms with E-state index in [1.807, 2.05) is 50.2 Å². The summed E-state index contributed by atoms with van der Waals surface area (Å²) >= 11 is 0. The van der Waals surface area contributed by atoms with Gasteiger partial charge in [-0.2, -0.15) is 0 Å². The van der Waals surface area contributed by atoms with Gasteiger partial charge in [0.15, 0.2) is 0 Å². The number of hydrogen-bond donors (Lipinski definition) is 1. The summed E-state index contributed by atoms with van der Waals surface area (Å²) in [6.07, 6.45) is 0.207. The van der Waals surface area contributed by atoms with E-state index in [2.05, 4.69) is 41.5 Å². The minimum atomic E-state index is -0.0946. The molecule has 0 bridgehead atoms. The zero-order chi connectivity index (χ0) is 19.7. The molecule has 144 valence electrons. The van der Waals surface area contributed by atoms with E-state index in [-0.39, 0.29) is 18.1 Å². The fourth-order valence-corrected chi connectivity index (χ4v) is 3.81. The lowest BCUT2D eigenvalue weighted by Gasteiger charge is -2.36. The van der Waals surface area contributed by atoms with Gasteiger partial charge in [-0.15, -0.1) is 0 Å². The predicted octanol–water partition coefficient (Wildman–Crippen LogP) is 4.33. The van der Waals surface area contributed by atoms with Crippen molar-refractivity contribution in [2.24, 2.45) is 0 Å². The monoisotopic (exact) mass is 374 g/mol. The number of amides is 1. The summed E-state index contributed by atoms with van der Waals surface area (Å²) in [6.45, 7) is 5.83. The average molecular weight is 374 g/mol. The van der Waals surface area contributed by atoms with Crippen LogP contribution in [0, 0.1) is 6.92 Å². The van der Waals surface area contributed by atoms with Gasteiger partial charge in [0.1, 0.15) is 11.9 Å². The molecule has 1 aliphatic heterocycles. The van der Waals surface area contributed by atoms with Crippen LogP contribution < -0.4 is 10.1 Å². The number of fused-ring (bicyclic) bond motifs is 1. The lowest BCUT2D eigenvalue weighted by atomic mass is 9.99. The lowest BCUT2D eigenvalue weighted by molar-refractivity contribution is 0.0387. The Hall–Kier alpha value is -2.85. The van der Waals surface area contributed by atoms with Crippen molar-refractivity contribution in [3.8, 4) is 5.75 Å². The number of carbonyl (C=O) groups excluding carboxylic acids is 1. The first-order chi connectivity index (χ1) is 13.5. The van der Waals surface area contributed by atoms with Crippen LogP contribution in [0.25, 0.3) is 10.8 Å². The SMILES string of the molecule is Cc1ccc(OC2CN(C)C2)cc1C(=O)N[C@H](C)c1cccc2ccccc12. The first-order valence-corrected chi connectivity index (χ1v) is 9.75. The predicted molar refractivity (Wildman–Crippen MR) is 113 cm³/mol. The van der Waals surface area contributed by atoms with Crippen LogP contribution >= 0.6 is 0 Å². The maximum absolute atomic E-state index is 13.0. The Labute approximate surface area is 166 Å². The molecule has 0 aromatic heterocycles. The van der Waals surface area contributed by atoms with E-state index in [1.54, 1.807) is 0 Å². The van der Waals surface area contributed by atoms with E-state index in [0.717, 1.165) is 30.0 Å². The van der Waals surface area contributed by atoms with Crippen molar-refractivity contribution in [1.82, 2.24) is 10.2 Å². The van der Waals surface area contributed by atoms with Gasteiger partial charge in [0.05, 0.1) is 6.04 Å². The van der Waals surface area contributed by atoms with Gasteiger partial charge < -0.3 is 10.1 Å². The molecule has 0 spiro atoms. The number of likely N-dealkylation sites (N-methyl/N-ethyl adjacent to an activating group) is 1. The quantitative estimate of drug-likeness (QED) is 0.723. The summed E-state index contributed by atoms with van der Waals surface area (Å²) in [5, 5.41) is 5.50. The second-order valence-electron chi connectivity index (χ2n) is 7.70. The van der Waals surface area contributed by atoms with E-state index in [4.69, 9.17) is 4.74 Å². The molecule has 3 aromatic carbocycles. The van der Waals surface area contributed by atoms with Gasteiger partial charge in [-0.1, -0.05) is 48.5 Å². The van der Waals surface area contributed by atoms with Gasteiger partial charge in [0.2, 0.25) is 0 Å². The molecule has 28 heavy (non-hydrogen) atoms. The number of likely N-dealkylation sites (tertiary alicyclic amines) is 1. The molecule has 1 saturated heterocycles. The summed E-state index contributed by atoms with van der Waals surface area (Å²) in [7, 11) is 2.07. The normalized spacial score (nSPS) is 15.8. The molecule has 0 unspecified atom stereocenters. The summed E-state index contributed by atoms with van der Waals surface area (Å²) in [6, 6.07) is 20.1. The molecule has 1 fully saturated rings. The summed E-state index contributed by atoms with van der Waals surface area (Å²) in [4.78, 5) is 15.2. The molecule has 4 nitrogen and oxygen atoms in total. The Kier molecular flexibility index (Phi) is 5.05. The second-order valence-corrected chi connectivity index (χ2v) is 7.70. The van der Waals surface area contributed by atoms with Gasteiger partial charge >= 0.3 is 0 Å². The van der Waals surface area contributed by atoms with Crippen LogP contribution in [0.1, 0.15) is 34.5 Å². The first kappa shape index (κ1) is 18.5. The highest BCUT2D eigenvalue weighted by Crippen LogP contribution is 2.25. The average Bonchev–Trinajstić information content (AvgIpc) is 2.67. The Morgan fingerprint density at radius 3 is 2.64 bits per heavy atom. The molecule has 1 atom stereocenters. The molecule has 1 amide bonds. The highest BCUT2D eigenvalue weighted by atomic mass is 16.5. The number of ether oxygens (including phenoxy) is 1. The largest absolute Gasteiger partial charge is 0.488 e. The zero-order valence-corrected chi connectivity index (χ0v) is 16.6. The smallest absolute Gasteiger partial charge is 0.252 e. The third kappa shape index (κ3) is 3.73. The lowest BCUT2D eigenvalue weighted by Crippen LogP contribution is -2.51. The Morgan fingerprint density at radius 1 is 1.11 bits per heavy atom. The maximum atomic E-state index is 13.0. The number of carbonyl (C=O) groups is 1. The summed E-state index contributed by atoms with van der Waals surface area (Å²) in [5.41, 5.74) is 2.73. The van der Waals surface area contributed by atoms with Crippen LogP contribution in [0.3, 0.4) is 0 Å². The molecule has 4 heteroatoms. The van der Waals surface area contributed by atoms with Crippen LogP contribution in [0.2, 0.25) is 0 Å². The van der Waals surface area contributed by atoms with Crippen LogP contribution in [-0.2, 0) is 0 Å². The number of nitrogens with one attached hydrogen (secondary N) is 1. The van der Waals surface area contributed by atoms with Gasteiger partial charge in [0, 0.05) is 18.7 Å². The summed E-state index contributed by atoms with van der Waals surface area (Å²) < 4.78 is 5.99. The molecule has 0 aliphatic carbocycles. The fourth-order valence-electron chi connectivity index (χ4n) is 3.81. The molecular weight excluding hydrogens is 348 g/mol. The Morgan fingerprint density at radius 2 is 1.86 bits per heavy atom. The molecule has 3 aromatic rings. The third-order valence-electron chi connectivity index (χ3n) is 5.42. The minimum Gasteiger partial charge on any atom is -0.488 e. The highest BCUT2D eigenvalue weighted by molar-refractivity contribution is 5.96. The number of nitrogens with zero attached hydrogens (tertiary/aromatic N) is 1. The Bertz CT molecular complexity index is 1000. The van der Waals surface area contributed by atoms with Crippen molar-refractivity contribution in [2.45, 2.75) is 26.0 Å². The van der Waals surface area contributed by atoms with Crippen molar-refractivity contribution in [2.75, 3.05) is 20.1 Å². The van der Waals surface area contributed by atoms with Crippen molar-refractivity contribution in [1.29, 1.82) is 0 Å². The second kappa shape index (κ2) is 7.64. The highest BCUT2D eigenvalue weighted by Gasteiger charge is 2.25. The van der Waals surface area contributed by atoms with Crippen LogP contribution in [-0.4, -0.2) is 37.0 Å². The number of rotatable bonds is 5. The molecular formula is C24H26N2O2. The minimum absolute atomic E-state index is 0.0749. The first-order valence-electron chi connectivity index (χ1n) is 9.75. The topological polar surface area (TPSA) is 41.6 Å². The van der Waals surface area contributed by atoms with Crippen LogP contribution in [0.15, 0.2) is 60.7 Å². The number of benzene rings is 3. The van der Waals surface area contributed by atoms with Crippen LogP contribution in [0.5, 0.6) is 5.75 Å². The van der Waals surface area contributed by atoms with E-state index < -0.39 is 0 Å². The Balaban J connectivity index is 1.52. The van der Waals surface area contributed by atoms with Crippen molar-refractivity contribution in [3.63, 3.8) is 0 Å². The van der Waals surface area contributed by atoms with Gasteiger partial charge in [0.25, 0.3) is 5.91 Å². The molecule has 4 rings (SSSR count). The number of aryl methyl sites for hydroxylation is 1. The molecule has 1 aliphatic rings. The van der Waals surface area contributed by atoms with Crippen molar-refractivity contribution < 1.29 is 9.53 Å². The van der Waals surface area contributed by atoms with Crippen molar-refractivity contribution in [3.05, 3.63) is 77.4 Å². The van der Waals surface area contributed by atoms with Gasteiger partial charge in [-0.05, 0) is 54.9 Å². The van der Waals surface area contributed by atoms with Crippen LogP contribution in [0.4, 0.5) is 0 Å². The molecule has 1 N–H and O–H groups in total.